The van der Waals surface area contributed by atoms with Crippen LogP contribution in [0.2, 0.25) is 0 Å². The van der Waals surface area contributed by atoms with Crippen molar-refractivity contribution in [2.75, 3.05) is 6.54 Å². The highest BCUT2D eigenvalue weighted by atomic mass is 16.4. The van der Waals surface area contributed by atoms with Crippen LogP contribution in [0, 0.1) is 11.3 Å². The molecule has 0 spiro atoms. The summed E-state index contributed by atoms with van der Waals surface area (Å²) in [6, 6.07) is 0.0712. The number of carbonyl (C=O) groups is 2. The molecule has 0 aromatic carbocycles. The Morgan fingerprint density at radius 1 is 1.25 bits per heavy atom. The lowest BCUT2D eigenvalue weighted by molar-refractivity contribution is -0.139. The molecule has 0 atom stereocenters. The largest absolute Gasteiger partial charge is 0.481 e. The molecule has 1 rings (SSSR count). The standard InChI is InChI=1S/C16H29NO3/c1-12(2)17(10-7-15(19)20)14(18)11-13-5-8-16(3,4)9-6-13/h12-13H,5-11H2,1-4H3,(H,19,20). The maximum absolute atomic E-state index is 12.4. The molecule has 0 bridgehead atoms. The van der Waals surface area contributed by atoms with Gasteiger partial charge in [0.05, 0.1) is 6.42 Å². The maximum atomic E-state index is 12.4. The zero-order valence-electron chi connectivity index (χ0n) is 13.3. The maximum Gasteiger partial charge on any atom is 0.305 e. The van der Waals surface area contributed by atoms with Crippen molar-refractivity contribution < 1.29 is 14.7 Å². The van der Waals surface area contributed by atoms with Gasteiger partial charge in [-0.2, -0.15) is 0 Å². The number of hydrogen-bond donors (Lipinski definition) is 1. The summed E-state index contributed by atoms with van der Waals surface area (Å²) < 4.78 is 0. The molecule has 0 unspecified atom stereocenters. The molecule has 0 aromatic heterocycles. The number of aliphatic carboxylic acids is 1. The van der Waals surface area contributed by atoms with E-state index in [-0.39, 0.29) is 18.4 Å². The molecule has 1 fully saturated rings. The van der Waals surface area contributed by atoms with Crippen LogP contribution in [0.25, 0.3) is 0 Å². The Bertz CT molecular complexity index is 340. The summed E-state index contributed by atoms with van der Waals surface area (Å²) in [7, 11) is 0. The first kappa shape index (κ1) is 17.0. The van der Waals surface area contributed by atoms with Gasteiger partial charge in [0.2, 0.25) is 5.91 Å². The lowest BCUT2D eigenvalue weighted by Crippen LogP contribution is -2.39. The highest BCUT2D eigenvalue weighted by Gasteiger charge is 2.29. The van der Waals surface area contributed by atoms with E-state index in [0.717, 1.165) is 12.8 Å². The summed E-state index contributed by atoms with van der Waals surface area (Å²) in [5, 5.41) is 8.77. The van der Waals surface area contributed by atoms with Crippen LogP contribution in [0.5, 0.6) is 0 Å². The number of carbonyl (C=O) groups excluding carboxylic acids is 1. The summed E-state index contributed by atoms with van der Waals surface area (Å²) in [4.78, 5) is 24.7. The van der Waals surface area contributed by atoms with E-state index in [4.69, 9.17) is 5.11 Å². The van der Waals surface area contributed by atoms with Crippen LogP contribution in [0.1, 0.15) is 66.2 Å². The van der Waals surface area contributed by atoms with Crippen molar-refractivity contribution in [1.29, 1.82) is 0 Å². The van der Waals surface area contributed by atoms with E-state index >= 15 is 0 Å². The second-order valence-corrected chi connectivity index (χ2v) is 7.14. The van der Waals surface area contributed by atoms with Crippen molar-refractivity contribution >= 4 is 11.9 Å². The van der Waals surface area contributed by atoms with Crippen LogP contribution in [-0.2, 0) is 9.59 Å². The topological polar surface area (TPSA) is 57.6 Å². The fraction of sp³-hybridized carbons (Fsp3) is 0.875. The van der Waals surface area contributed by atoms with Gasteiger partial charge < -0.3 is 10.0 Å². The quantitative estimate of drug-likeness (QED) is 0.813. The average molecular weight is 283 g/mol. The van der Waals surface area contributed by atoms with Gasteiger partial charge in [0.25, 0.3) is 0 Å². The first-order valence-electron chi connectivity index (χ1n) is 7.72. The molecule has 4 nitrogen and oxygen atoms in total. The minimum Gasteiger partial charge on any atom is -0.481 e. The third-order valence-electron chi connectivity index (χ3n) is 4.43. The summed E-state index contributed by atoms with van der Waals surface area (Å²) in [5.41, 5.74) is 0.417. The predicted octanol–water partition coefficient (Wildman–Crippen LogP) is 3.30. The molecule has 0 heterocycles. The van der Waals surface area contributed by atoms with E-state index in [1.807, 2.05) is 13.8 Å². The van der Waals surface area contributed by atoms with Gasteiger partial charge >= 0.3 is 5.97 Å². The normalized spacial score (nSPS) is 19.1. The first-order chi connectivity index (χ1) is 9.21. The van der Waals surface area contributed by atoms with Crippen LogP contribution in [0.3, 0.4) is 0 Å². The second kappa shape index (κ2) is 7.09. The Morgan fingerprint density at radius 2 is 1.80 bits per heavy atom. The molecular formula is C16H29NO3. The van der Waals surface area contributed by atoms with Gasteiger partial charge in [-0.05, 0) is 50.9 Å². The number of nitrogens with zero attached hydrogens (tertiary/aromatic N) is 1. The van der Waals surface area contributed by atoms with E-state index in [1.165, 1.54) is 12.8 Å². The smallest absolute Gasteiger partial charge is 0.305 e. The molecule has 1 N–H and O–H groups in total. The molecule has 116 valence electrons. The van der Waals surface area contributed by atoms with E-state index in [0.29, 0.717) is 24.3 Å². The fourth-order valence-electron chi connectivity index (χ4n) is 2.91. The second-order valence-electron chi connectivity index (χ2n) is 7.14. The van der Waals surface area contributed by atoms with Crippen LogP contribution in [-0.4, -0.2) is 34.5 Å². The van der Waals surface area contributed by atoms with Gasteiger partial charge in [0, 0.05) is 19.0 Å². The van der Waals surface area contributed by atoms with Crippen LogP contribution in [0.15, 0.2) is 0 Å². The lowest BCUT2D eigenvalue weighted by atomic mass is 9.72. The molecule has 1 aliphatic carbocycles. The van der Waals surface area contributed by atoms with Gasteiger partial charge in [-0.3, -0.25) is 9.59 Å². The zero-order valence-corrected chi connectivity index (χ0v) is 13.3. The molecule has 20 heavy (non-hydrogen) atoms. The predicted molar refractivity (Wildman–Crippen MR) is 79.5 cm³/mol. The van der Waals surface area contributed by atoms with E-state index in [1.54, 1.807) is 4.90 Å². The average Bonchev–Trinajstić information content (AvgIpc) is 2.31. The number of amides is 1. The van der Waals surface area contributed by atoms with Crippen molar-refractivity contribution in [1.82, 2.24) is 4.90 Å². The van der Waals surface area contributed by atoms with Crippen molar-refractivity contribution in [3.05, 3.63) is 0 Å². The third kappa shape index (κ3) is 5.51. The van der Waals surface area contributed by atoms with Gasteiger partial charge in [0.15, 0.2) is 0 Å². The number of carboxylic acids is 1. The van der Waals surface area contributed by atoms with Gasteiger partial charge in [-0.15, -0.1) is 0 Å². The molecule has 0 radical (unpaired) electrons. The van der Waals surface area contributed by atoms with Gasteiger partial charge in [0.1, 0.15) is 0 Å². The lowest BCUT2D eigenvalue weighted by Gasteiger charge is -2.35. The number of rotatable bonds is 6. The number of hydrogen-bond acceptors (Lipinski definition) is 2. The van der Waals surface area contributed by atoms with Crippen molar-refractivity contribution in [3.63, 3.8) is 0 Å². The van der Waals surface area contributed by atoms with E-state index in [9.17, 15) is 9.59 Å². The Labute approximate surface area is 122 Å². The molecule has 1 aliphatic rings. The summed E-state index contributed by atoms with van der Waals surface area (Å²) >= 11 is 0. The van der Waals surface area contributed by atoms with Crippen molar-refractivity contribution in [3.8, 4) is 0 Å². The Hall–Kier alpha value is -1.06. The minimum atomic E-state index is -0.845. The fourth-order valence-corrected chi connectivity index (χ4v) is 2.91. The third-order valence-corrected chi connectivity index (χ3v) is 4.43. The molecule has 4 heteroatoms. The zero-order chi connectivity index (χ0) is 15.3. The first-order valence-corrected chi connectivity index (χ1v) is 7.72. The van der Waals surface area contributed by atoms with Crippen LogP contribution in [0.4, 0.5) is 0 Å². The molecule has 0 saturated heterocycles. The summed E-state index contributed by atoms with van der Waals surface area (Å²) in [6.07, 6.45) is 5.20. The Morgan fingerprint density at radius 3 is 2.25 bits per heavy atom. The van der Waals surface area contributed by atoms with Gasteiger partial charge in [-0.25, -0.2) is 0 Å². The molecule has 0 aromatic rings. The monoisotopic (exact) mass is 283 g/mol. The number of carboxylic acid groups (broad SMARTS) is 1. The highest BCUT2D eigenvalue weighted by molar-refractivity contribution is 5.77. The van der Waals surface area contributed by atoms with Crippen molar-refractivity contribution in [2.45, 2.75) is 72.3 Å². The molecular weight excluding hydrogens is 254 g/mol. The van der Waals surface area contributed by atoms with Crippen LogP contribution < -0.4 is 0 Å². The van der Waals surface area contributed by atoms with E-state index in [2.05, 4.69) is 13.8 Å². The molecule has 1 saturated carbocycles. The Kier molecular flexibility index (Phi) is 6.03. The Balaban J connectivity index is 2.48. The van der Waals surface area contributed by atoms with Crippen molar-refractivity contribution in [2.24, 2.45) is 11.3 Å². The summed E-state index contributed by atoms with van der Waals surface area (Å²) in [6.45, 7) is 8.80. The SMILES string of the molecule is CC(C)N(CCC(=O)O)C(=O)CC1CCC(C)(C)CC1. The van der Waals surface area contributed by atoms with Gasteiger partial charge in [-0.1, -0.05) is 13.8 Å². The highest BCUT2D eigenvalue weighted by Crippen LogP contribution is 2.39. The van der Waals surface area contributed by atoms with Crippen LogP contribution >= 0.6 is 0 Å². The molecule has 0 aliphatic heterocycles. The summed E-state index contributed by atoms with van der Waals surface area (Å²) in [5.74, 6) is -0.254. The minimum absolute atomic E-state index is 0.0294. The van der Waals surface area contributed by atoms with E-state index < -0.39 is 5.97 Å². The molecule has 1 amide bonds.